The average Bonchev–Trinajstić information content (AvgIpc) is 1.67. The fourth-order valence-corrected chi connectivity index (χ4v) is 0.225. The highest BCUT2D eigenvalue weighted by atomic mass is 16.1. The number of carbonyl (C=O) groups is 1. The van der Waals surface area contributed by atoms with E-state index in [0.29, 0.717) is 5.57 Å². The zero-order chi connectivity index (χ0) is 6.57. The van der Waals surface area contributed by atoms with Gasteiger partial charge in [-0.2, -0.15) is 0 Å². The van der Waals surface area contributed by atoms with Crippen LogP contribution in [0.3, 0.4) is 0 Å². The Balaban J connectivity index is 4.05. The first-order chi connectivity index (χ1) is 3.68. The maximum absolute atomic E-state index is 10.3. The lowest BCUT2D eigenvalue weighted by Gasteiger charge is -1.83. The van der Waals surface area contributed by atoms with Gasteiger partial charge in [-0.05, 0) is 13.0 Å². The molecule has 0 aliphatic rings. The molecule has 0 aromatic rings. The number of rotatable bonds is 2. The van der Waals surface area contributed by atoms with Gasteiger partial charge in [-0.15, -0.1) is 5.73 Å². The maximum Gasteiger partial charge on any atom is 0.159 e. The molecule has 0 saturated heterocycles. The van der Waals surface area contributed by atoms with Crippen LogP contribution in [-0.4, -0.2) is 5.78 Å². The van der Waals surface area contributed by atoms with Gasteiger partial charge in [0, 0.05) is 5.57 Å². The van der Waals surface area contributed by atoms with E-state index in [-0.39, 0.29) is 5.78 Å². The first-order valence-electron chi connectivity index (χ1n) is 2.24. The number of hydrogen-bond acceptors (Lipinski definition) is 1. The summed E-state index contributed by atoms with van der Waals surface area (Å²) in [6.07, 6.45) is 1.46. The quantitative estimate of drug-likeness (QED) is 0.297. The molecule has 0 aliphatic heterocycles. The van der Waals surface area contributed by atoms with Crippen molar-refractivity contribution in [2.75, 3.05) is 0 Å². The van der Waals surface area contributed by atoms with E-state index in [0.717, 1.165) is 0 Å². The van der Waals surface area contributed by atoms with E-state index in [2.05, 4.69) is 18.9 Å². The summed E-state index contributed by atoms with van der Waals surface area (Å²) >= 11 is 0. The van der Waals surface area contributed by atoms with Gasteiger partial charge in [0.1, 0.15) is 0 Å². The fourth-order valence-electron chi connectivity index (χ4n) is 0.225. The van der Waals surface area contributed by atoms with Crippen molar-refractivity contribution in [1.82, 2.24) is 0 Å². The van der Waals surface area contributed by atoms with Gasteiger partial charge >= 0.3 is 0 Å². The van der Waals surface area contributed by atoms with Crippen molar-refractivity contribution in [1.29, 1.82) is 0 Å². The summed E-state index contributed by atoms with van der Waals surface area (Å²) in [5.41, 5.74) is 2.90. The smallest absolute Gasteiger partial charge is 0.159 e. The Morgan fingerprint density at radius 1 is 1.75 bits per heavy atom. The number of carbonyl (C=O) groups excluding carboxylic acids is 1. The molecule has 0 amide bonds. The van der Waals surface area contributed by atoms with Crippen molar-refractivity contribution < 1.29 is 4.79 Å². The number of ketones is 1. The van der Waals surface area contributed by atoms with E-state index >= 15 is 0 Å². The van der Waals surface area contributed by atoms with Crippen LogP contribution in [-0.2, 0) is 4.79 Å². The molecule has 1 heteroatoms. The zero-order valence-electron chi connectivity index (χ0n) is 4.90. The Morgan fingerprint density at radius 2 is 2.25 bits per heavy atom. The normalized spacial score (nSPS) is 7.12. The molecule has 0 saturated carbocycles. The van der Waals surface area contributed by atoms with E-state index in [1.165, 1.54) is 13.0 Å². The Hall–Kier alpha value is -1.07. The molecule has 0 unspecified atom stereocenters. The molecule has 0 rings (SSSR count). The minimum absolute atomic E-state index is 0.0406. The molecular weight excluding hydrogens is 100 g/mol. The molecule has 0 aromatic heterocycles. The number of hydrogen-bond donors (Lipinski definition) is 0. The van der Waals surface area contributed by atoms with E-state index in [1.807, 2.05) is 0 Å². The second-order valence-electron chi connectivity index (χ2n) is 1.43. The van der Waals surface area contributed by atoms with Gasteiger partial charge in [0.25, 0.3) is 0 Å². The SMILES string of the molecule is C=C=CC(=C)C(C)=O. The van der Waals surface area contributed by atoms with Crippen molar-refractivity contribution in [3.63, 3.8) is 0 Å². The lowest BCUT2D eigenvalue weighted by Crippen LogP contribution is -1.88. The standard InChI is InChI=1S/C7H8O/c1-4-5-6(2)7(3)8/h5H,1-2H2,3H3. The van der Waals surface area contributed by atoms with Crippen LogP contribution in [0.1, 0.15) is 6.92 Å². The van der Waals surface area contributed by atoms with E-state index < -0.39 is 0 Å². The van der Waals surface area contributed by atoms with Crippen LogP contribution in [0.5, 0.6) is 0 Å². The number of Topliss-reactive ketones (excluding diaryl/α,β-unsaturated/α-hetero) is 1. The molecular formula is C7H8O. The summed E-state index contributed by atoms with van der Waals surface area (Å²) in [5.74, 6) is -0.0406. The van der Waals surface area contributed by atoms with Crippen LogP contribution < -0.4 is 0 Å². The molecule has 0 radical (unpaired) electrons. The largest absolute Gasteiger partial charge is 0.295 e. The van der Waals surface area contributed by atoms with Crippen LogP contribution >= 0.6 is 0 Å². The molecule has 0 fully saturated rings. The van der Waals surface area contributed by atoms with Gasteiger partial charge in [-0.1, -0.05) is 13.2 Å². The topological polar surface area (TPSA) is 17.1 Å². The summed E-state index contributed by atoms with van der Waals surface area (Å²) in [7, 11) is 0. The van der Waals surface area contributed by atoms with Gasteiger partial charge in [0.15, 0.2) is 5.78 Å². The Labute approximate surface area is 49.0 Å². The molecule has 8 heavy (non-hydrogen) atoms. The van der Waals surface area contributed by atoms with Crippen molar-refractivity contribution in [3.05, 3.63) is 30.5 Å². The first-order valence-corrected chi connectivity index (χ1v) is 2.24. The Bertz CT molecular complexity index is 155. The predicted octanol–water partition coefficient (Wildman–Crippen LogP) is 1.47. The Kier molecular flexibility index (Phi) is 2.60. The highest BCUT2D eigenvalue weighted by Gasteiger charge is 1.90. The van der Waals surface area contributed by atoms with E-state index in [1.54, 1.807) is 0 Å². The lowest BCUT2D eigenvalue weighted by atomic mass is 10.2. The van der Waals surface area contributed by atoms with Gasteiger partial charge < -0.3 is 0 Å². The highest BCUT2D eigenvalue weighted by Crippen LogP contribution is 1.90. The second-order valence-corrected chi connectivity index (χ2v) is 1.43. The van der Waals surface area contributed by atoms with Gasteiger partial charge in [-0.25, -0.2) is 0 Å². The van der Waals surface area contributed by atoms with Crippen LogP contribution in [0.4, 0.5) is 0 Å². The summed E-state index contributed by atoms with van der Waals surface area (Å²) in [6, 6.07) is 0. The Morgan fingerprint density at radius 3 is 2.38 bits per heavy atom. The minimum atomic E-state index is -0.0406. The summed E-state index contributed by atoms with van der Waals surface area (Å²) in [6.45, 7) is 8.18. The molecule has 0 aromatic carbocycles. The van der Waals surface area contributed by atoms with Crippen LogP contribution in [0, 0.1) is 0 Å². The molecule has 0 bridgehead atoms. The van der Waals surface area contributed by atoms with Crippen molar-refractivity contribution in [2.45, 2.75) is 6.92 Å². The zero-order valence-corrected chi connectivity index (χ0v) is 4.90. The fraction of sp³-hybridized carbons (Fsp3) is 0.143. The maximum atomic E-state index is 10.3. The van der Waals surface area contributed by atoms with E-state index in [9.17, 15) is 4.79 Å². The molecule has 0 atom stereocenters. The average molecular weight is 108 g/mol. The molecule has 0 aliphatic carbocycles. The third-order valence-electron chi connectivity index (χ3n) is 0.729. The van der Waals surface area contributed by atoms with Crippen molar-refractivity contribution in [2.24, 2.45) is 0 Å². The summed E-state index contributed by atoms with van der Waals surface area (Å²) < 4.78 is 0. The molecule has 1 nitrogen and oxygen atoms in total. The monoisotopic (exact) mass is 108 g/mol. The third kappa shape index (κ3) is 2.17. The molecule has 0 heterocycles. The molecule has 0 spiro atoms. The van der Waals surface area contributed by atoms with Crippen LogP contribution in [0.15, 0.2) is 30.5 Å². The minimum Gasteiger partial charge on any atom is -0.295 e. The highest BCUT2D eigenvalue weighted by molar-refractivity contribution is 5.95. The van der Waals surface area contributed by atoms with Crippen molar-refractivity contribution >= 4 is 5.78 Å². The second kappa shape index (κ2) is 3.00. The van der Waals surface area contributed by atoms with Crippen LogP contribution in [0.25, 0.3) is 0 Å². The number of allylic oxidation sites excluding steroid dienone is 2. The van der Waals surface area contributed by atoms with E-state index in [4.69, 9.17) is 0 Å². The van der Waals surface area contributed by atoms with Crippen LogP contribution in [0.2, 0.25) is 0 Å². The van der Waals surface area contributed by atoms with Gasteiger partial charge in [0.2, 0.25) is 0 Å². The lowest BCUT2D eigenvalue weighted by molar-refractivity contribution is -0.113. The first kappa shape index (κ1) is 6.93. The summed E-state index contributed by atoms with van der Waals surface area (Å²) in [4.78, 5) is 10.3. The molecule has 0 N–H and O–H groups in total. The van der Waals surface area contributed by atoms with Gasteiger partial charge in [0.05, 0.1) is 0 Å². The van der Waals surface area contributed by atoms with Crippen molar-refractivity contribution in [3.8, 4) is 0 Å². The third-order valence-corrected chi connectivity index (χ3v) is 0.729. The molecule has 42 valence electrons. The predicted molar refractivity (Wildman–Crippen MR) is 33.5 cm³/mol. The summed E-state index contributed by atoms with van der Waals surface area (Å²) in [5, 5.41) is 0. The van der Waals surface area contributed by atoms with Gasteiger partial charge in [-0.3, -0.25) is 4.79 Å².